The molecule has 1 aliphatic heterocycles. The normalized spacial score (nSPS) is 18.8. The summed E-state index contributed by atoms with van der Waals surface area (Å²) in [4.78, 5) is 0.324. The molecular weight excluding hydrogens is 331 g/mol. The molecule has 120 valence electrons. The van der Waals surface area contributed by atoms with Crippen LogP contribution in [0.4, 0.5) is 0 Å². The molecule has 4 nitrogen and oxygen atoms in total. The minimum atomic E-state index is -3.49. The molecule has 0 bridgehead atoms. The Balaban J connectivity index is 0.00000220. The van der Waals surface area contributed by atoms with Crippen LogP contribution in [0.25, 0.3) is 0 Å². The van der Waals surface area contributed by atoms with Gasteiger partial charge < -0.3 is 5.32 Å². The van der Waals surface area contributed by atoms with Gasteiger partial charge in [0.25, 0.3) is 0 Å². The highest BCUT2D eigenvalue weighted by atomic mass is 35.5. The van der Waals surface area contributed by atoms with Crippen molar-refractivity contribution in [2.24, 2.45) is 0 Å². The van der Waals surface area contributed by atoms with E-state index in [9.17, 15) is 8.42 Å². The van der Waals surface area contributed by atoms with Crippen molar-refractivity contribution < 1.29 is 8.42 Å². The van der Waals surface area contributed by atoms with Crippen molar-refractivity contribution in [3.63, 3.8) is 0 Å². The molecule has 21 heavy (non-hydrogen) atoms. The summed E-state index contributed by atoms with van der Waals surface area (Å²) in [6.07, 6.45) is 1.66. The van der Waals surface area contributed by atoms with Gasteiger partial charge in [0.2, 0.25) is 10.0 Å². The predicted molar refractivity (Wildman–Crippen MR) is 88.9 cm³/mol. The molecular formula is C14H22Cl2N2O2S. The van der Waals surface area contributed by atoms with Crippen molar-refractivity contribution in [2.45, 2.75) is 37.6 Å². The van der Waals surface area contributed by atoms with E-state index in [0.29, 0.717) is 22.0 Å². The Morgan fingerprint density at radius 2 is 2.14 bits per heavy atom. The van der Waals surface area contributed by atoms with Crippen LogP contribution in [0.1, 0.15) is 25.3 Å². The van der Waals surface area contributed by atoms with E-state index < -0.39 is 10.0 Å². The zero-order valence-corrected chi connectivity index (χ0v) is 14.7. The Kier molecular flexibility index (Phi) is 6.94. The van der Waals surface area contributed by atoms with Crippen LogP contribution in [0.3, 0.4) is 0 Å². The summed E-state index contributed by atoms with van der Waals surface area (Å²) < 4.78 is 27.5. The Labute approximate surface area is 138 Å². The van der Waals surface area contributed by atoms with Gasteiger partial charge in [-0.15, -0.1) is 12.4 Å². The van der Waals surface area contributed by atoms with Crippen molar-refractivity contribution in [1.29, 1.82) is 0 Å². The number of sulfonamides is 1. The topological polar surface area (TPSA) is 49.4 Å². The number of benzene rings is 1. The molecule has 1 fully saturated rings. The molecule has 1 unspecified atom stereocenters. The van der Waals surface area contributed by atoms with Gasteiger partial charge in [-0.05, 0) is 44.0 Å². The van der Waals surface area contributed by atoms with Gasteiger partial charge in [0.05, 0.1) is 4.90 Å². The Hall–Kier alpha value is -0.330. The predicted octanol–water partition coefficient (Wildman–Crippen LogP) is 2.83. The summed E-state index contributed by atoms with van der Waals surface area (Å²) in [5.41, 5.74) is 0.626. The van der Waals surface area contributed by atoms with E-state index in [2.05, 4.69) is 5.32 Å². The Morgan fingerprint density at radius 3 is 2.71 bits per heavy atom. The summed E-state index contributed by atoms with van der Waals surface area (Å²) in [6.45, 7) is 5.89. The second-order valence-electron chi connectivity index (χ2n) is 5.13. The molecule has 0 amide bonds. The lowest BCUT2D eigenvalue weighted by Gasteiger charge is -2.28. The zero-order valence-electron chi connectivity index (χ0n) is 12.3. The number of nitrogens with one attached hydrogen (secondary N) is 1. The van der Waals surface area contributed by atoms with Crippen molar-refractivity contribution in [3.8, 4) is 0 Å². The number of hydrogen-bond acceptors (Lipinski definition) is 3. The minimum absolute atomic E-state index is 0. The maximum absolute atomic E-state index is 12.9. The standard InChI is InChI=1S/C14H21ClN2O2S.ClH/c1-3-9-17(12-7-8-16-10-12)20(18,19)14-6-4-5-13(15)11(14)2;/h4-6,12,16H,3,7-10H2,1-2H3;1H. The van der Waals surface area contributed by atoms with Crippen LogP contribution in [0.15, 0.2) is 23.1 Å². The van der Waals surface area contributed by atoms with Crippen molar-refractivity contribution in [1.82, 2.24) is 9.62 Å². The summed E-state index contributed by atoms with van der Waals surface area (Å²) >= 11 is 6.07. The summed E-state index contributed by atoms with van der Waals surface area (Å²) in [5.74, 6) is 0. The third kappa shape index (κ3) is 3.90. The molecule has 0 aliphatic carbocycles. The van der Waals surface area contributed by atoms with Crippen molar-refractivity contribution in [3.05, 3.63) is 28.8 Å². The number of halogens is 2. The van der Waals surface area contributed by atoms with Crippen molar-refractivity contribution >= 4 is 34.0 Å². The smallest absolute Gasteiger partial charge is 0.243 e. The third-order valence-electron chi connectivity index (χ3n) is 3.69. The maximum Gasteiger partial charge on any atom is 0.243 e. The first-order valence-corrected chi connectivity index (χ1v) is 8.78. The highest BCUT2D eigenvalue weighted by molar-refractivity contribution is 7.89. The first-order valence-electron chi connectivity index (χ1n) is 6.96. The van der Waals surface area contributed by atoms with E-state index in [1.54, 1.807) is 29.4 Å². The lowest BCUT2D eigenvalue weighted by Crippen LogP contribution is -2.42. The van der Waals surface area contributed by atoms with Gasteiger partial charge >= 0.3 is 0 Å². The summed E-state index contributed by atoms with van der Waals surface area (Å²) in [5, 5.41) is 3.72. The minimum Gasteiger partial charge on any atom is -0.315 e. The van der Waals surface area contributed by atoms with Gasteiger partial charge in [0.1, 0.15) is 0 Å². The van der Waals surface area contributed by atoms with Crippen LogP contribution in [0.5, 0.6) is 0 Å². The molecule has 1 aromatic carbocycles. The van der Waals surface area contributed by atoms with Gasteiger partial charge in [-0.1, -0.05) is 24.6 Å². The van der Waals surface area contributed by atoms with Crippen LogP contribution >= 0.6 is 24.0 Å². The first-order chi connectivity index (χ1) is 9.48. The third-order valence-corrected chi connectivity index (χ3v) is 6.20. The van der Waals surface area contributed by atoms with E-state index in [4.69, 9.17) is 11.6 Å². The molecule has 1 saturated heterocycles. The van der Waals surface area contributed by atoms with Crippen LogP contribution < -0.4 is 5.32 Å². The maximum atomic E-state index is 12.9. The fourth-order valence-electron chi connectivity index (χ4n) is 2.60. The lowest BCUT2D eigenvalue weighted by atomic mass is 10.2. The first kappa shape index (κ1) is 18.7. The second kappa shape index (κ2) is 7.79. The highest BCUT2D eigenvalue weighted by Gasteiger charge is 2.33. The molecule has 0 radical (unpaired) electrons. The quantitative estimate of drug-likeness (QED) is 0.886. The Morgan fingerprint density at radius 1 is 1.43 bits per heavy atom. The van der Waals surface area contributed by atoms with E-state index in [1.165, 1.54) is 0 Å². The van der Waals surface area contributed by atoms with E-state index >= 15 is 0 Å². The van der Waals surface area contributed by atoms with E-state index in [1.807, 2.05) is 6.92 Å². The molecule has 1 N–H and O–H groups in total. The molecule has 1 atom stereocenters. The number of nitrogens with zero attached hydrogens (tertiary/aromatic N) is 1. The fraction of sp³-hybridized carbons (Fsp3) is 0.571. The van der Waals surface area contributed by atoms with Crippen LogP contribution in [-0.4, -0.2) is 38.4 Å². The van der Waals surface area contributed by atoms with Crippen LogP contribution in [0, 0.1) is 6.92 Å². The van der Waals surface area contributed by atoms with Gasteiger partial charge in [-0.2, -0.15) is 4.31 Å². The highest BCUT2D eigenvalue weighted by Crippen LogP contribution is 2.27. The zero-order chi connectivity index (χ0) is 14.8. The van der Waals surface area contributed by atoms with Gasteiger partial charge in [-0.3, -0.25) is 0 Å². The molecule has 7 heteroatoms. The molecule has 0 aromatic heterocycles. The largest absolute Gasteiger partial charge is 0.315 e. The summed E-state index contributed by atoms with van der Waals surface area (Å²) in [6, 6.07) is 5.09. The SMILES string of the molecule is CCCN(C1CCNC1)S(=O)(=O)c1cccc(Cl)c1C.Cl. The van der Waals surface area contributed by atoms with Gasteiger partial charge in [0, 0.05) is 24.2 Å². The molecule has 1 aliphatic rings. The van der Waals surface area contributed by atoms with Crippen LogP contribution in [0.2, 0.25) is 5.02 Å². The fourth-order valence-corrected chi connectivity index (χ4v) is 4.82. The summed E-state index contributed by atoms with van der Waals surface area (Å²) in [7, 11) is -3.49. The van der Waals surface area contributed by atoms with Crippen LogP contribution in [-0.2, 0) is 10.0 Å². The number of hydrogen-bond donors (Lipinski definition) is 1. The lowest BCUT2D eigenvalue weighted by molar-refractivity contribution is 0.335. The van der Waals surface area contributed by atoms with E-state index in [0.717, 1.165) is 25.9 Å². The van der Waals surface area contributed by atoms with Gasteiger partial charge in [0.15, 0.2) is 0 Å². The molecule has 1 heterocycles. The van der Waals surface area contributed by atoms with Crippen molar-refractivity contribution in [2.75, 3.05) is 19.6 Å². The molecule has 2 rings (SSSR count). The second-order valence-corrected chi connectivity index (χ2v) is 7.39. The molecule has 1 aromatic rings. The average molecular weight is 353 g/mol. The molecule has 0 spiro atoms. The molecule has 0 saturated carbocycles. The van der Waals surface area contributed by atoms with E-state index in [-0.39, 0.29) is 18.4 Å². The number of rotatable bonds is 5. The average Bonchev–Trinajstić information content (AvgIpc) is 2.92. The monoisotopic (exact) mass is 352 g/mol. The van der Waals surface area contributed by atoms with Gasteiger partial charge in [-0.25, -0.2) is 8.42 Å². The Bertz CT molecular complexity index is 572.